The van der Waals surface area contributed by atoms with Crippen molar-refractivity contribution in [3.8, 4) is 0 Å². The van der Waals surface area contributed by atoms with Gasteiger partial charge in [-0.3, -0.25) is 0 Å². The second-order valence-corrected chi connectivity index (χ2v) is 4.73. The average molecular weight is 219 g/mol. The summed E-state index contributed by atoms with van der Waals surface area (Å²) < 4.78 is 5.95. The van der Waals surface area contributed by atoms with Gasteiger partial charge >= 0.3 is 0 Å². The summed E-state index contributed by atoms with van der Waals surface area (Å²) in [7, 11) is 0. The van der Waals surface area contributed by atoms with E-state index >= 15 is 0 Å². The van der Waals surface area contributed by atoms with Crippen molar-refractivity contribution in [2.75, 3.05) is 13.2 Å². The van der Waals surface area contributed by atoms with Crippen molar-refractivity contribution in [2.45, 2.75) is 32.8 Å². The lowest BCUT2D eigenvalue weighted by Crippen LogP contribution is -2.29. The molecule has 2 atom stereocenters. The lowest BCUT2D eigenvalue weighted by atomic mass is 9.85. The third-order valence-corrected chi connectivity index (χ3v) is 3.57. The third kappa shape index (κ3) is 2.13. The van der Waals surface area contributed by atoms with E-state index in [0.717, 1.165) is 19.6 Å². The van der Waals surface area contributed by atoms with Crippen molar-refractivity contribution in [3.63, 3.8) is 0 Å². The molecule has 2 rings (SSSR count). The van der Waals surface area contributed by atoms with Crippen molar-refractivity contribution in [2.24, 2.45) is 11.7 Å². The molecule has 0 radical (unpaired) electrons. The molecular weight excluding hydrogens is 198 g/mol. The number of benzene rings is 1. The first-order chi connectivity index (χ1) is 7.74. The third-order valence-electron chi connectivity index (χ3n) is 3.57. The van der Waals surface area contributed by atoms with Crippen molar-refractivity contribution >= 4 is 0 Å². The molecule has 0 spiro atoms. The molecule has 0 amide bonds. The van der Waals surface area contributed by atoms with E-state index < -0.39 is 0 Å². The smallest absolute Gasteiger partial charge is 0.0870 e. The van der Waals surface area contributed by atoms with Gasteiger partial charge in [0.15, 0.2) is 0 Å². The Balaban J connectivity index is 2.34. The van der Waals surface area contributed by atoms with E-state index in [9.17, 15) is 0 Å². The molecule has 1 heterocycles. The van der Waals surface area contributed by atoms with Crippen LogP contribution in [0.4, 0.5) is 0 Å². The van der Waals surface area contributed by atoms with Crippen molar-refractivity contribution in [3.05, 3.63) is 34.9 Å². The van der Waals surface area contributed by atoms with Crippen LogP contribution in [-0.2, 0) is 4.74 Å². The first kappa shape index (κ1) is 11.6. The molecular formula is C14H21NO. The van der Waals surface area contributed by atoms with Crippen LogP contribution in [0.25, 0.3) is 0 Å². The van der Waals surface area contributed by atoms with Gasteiger partial charge in [-0.05, 0) is 49.9 Å². The van der Waals surface area contributed by atoms with Crippen LogP contribution in [-0.4, -0.2) is 13.2 Å². The Morgan fingerprint density at radius 2 is 2.00 bits per heavy atom. The van der Waals surface area contributed by atoms with E-state index in [-0.39, 0.29) is 6.10 Å². The second-order valence-electron chi connectivity index (χ2n) is 4.73. The fraction of sp³-hybridized carbons (Fsp3) is 0.571. The van der Waals surface area contributed by atoms with Crippen LogP contribution in [0.5, 0.6) is 0 Å². The van der Waals surface area contributed by atoms with Gasteiger partial charge in [0.05, 0.1) is 6.10 Å². The molecule has 2 N–H and O–H groups in total. The molecule has 2 heteroatoms. The molecule has 1 aliphatic rings. The fourth-order valence-electron chi connectivity index (χ4n) is 2.68. The highest BCUT2D eigenvalue weighted by Crippen LogP contribution is 2.36. The standard InChI is InChI=1S/C14H21NO/c1-10-5-3-6-11(2)13(10)14-12(9-15)7-4-8-16-14/h3,5-6,12,14H,4,7-9,15H2,1-2H3. The lowest BCUT2D eigenvalue weighted by molar-refractivity contribution is -0.0258. The van der Waals surface area contributed by atoms with Crippen molar-refractivity contribution in [1.29, 1.82) is 0 Å². The Kier molecular flexibility index (Phi) is 3.62. The van der Waals surface area contributed by atoms with Crippen LogP contribution >= 0.6 is 0 Å². The maximum Gasteiger partial charge on any atom is 0.0870 e. The van der Waals surface area contributed by atoms with E-state index in [4.69, 9.17) is 10.5 Å². The number of hydrogen-bond acceptors (Lipinski definition) is 2. The lowest BCUT2D eigenvalue weighted by Gasteiger charge is -2.33. The van der Waals surface area contributed by atoms with Gasteiger partial charge in [0.2, 0.25) is 0 Å². The zero-order valence-corrected chi connectivity index (χ0v) is 10.2. The highest BCUT2D eigenvalue weighted by Gasteiger charge is 2.28. The zero-order chi connectivity index (χ0) is 11.5. The summed E-state index contributed by atoms with van der Waals surface area (Å²) >= 11 is 0. The summed E-state index contributed by atoms with van der Waals surface area (Å²) in [4.78, 5) is 0. The molecule has 1 fully saturated rings. The summed E-state index contributed by atoms with van der Waals surface area (Å²) in [6.45, 7) is 5.91. The van der Waals surface area contributed by atoms with Gasteiger partial charge < -0.3 is 10.5 Å². The Hall–Kier alpha value is -0.860. The van der Waals surface area contributed by atoms with E-state index in [0.29, 0.717) is 5.92 Å². The summed E-state index contributed by atoms with van der Waals surface area (Å²) in [6, 6.07) is 6.43. The van der Waals surface area contributed by atoms with Gasteiger partial charge in [-0.1, -0.05) is 18.2 Å². The largest absolute Gasteiger partial charge is 0.373 e. The minimum atomic E-state index is 0.208. The second kappa shape index (κ2) is 4.98. The highest BCUT2D eigenvalue weighted by atomic mass is 16.5. The van der Waals surface area contributed by atoms with Crippen LogP contribution in [0.2, 0.25) is 0 Å². The minimum Gasteiger partial charge on any atom is -0.373 e. The van der Waals surface area contributed by atoms with E-state index in [1.165, 1.54) is 23.1 Å². The van der Waals surface area contributed by atoms with Gasteiger partial charge in [0.25, 0.3) is 0 Å². The molecule has 0 saturated carbocycles. The average Bonchev–Trinajstić information content (AvgIpc) is 2.29. The monoisotopic (exact) mass is 219 g/mol. The Morgan fingerprint density at radius 1 is 1.31 bits per heavy atom. The molecule has 1 aromatic carbocycles. The van der Waals surface area contributed by atoms with E-state index in [1.807, 2.05) is 0 Å². The van der Waals surface area contributed by atoms with Crippen LogP contribution in [0.3, 0.4) is 0 Å². The SMILES string of the molecule is Cc1cccc(C)c1C1OCCCC1CN. The van der Waals surface area contributed by atoms with Gasteiger partial charge in [0, 0.05) is 12.5 Å². The van der Waals surface area contributed by atoms with Crippen molar-refractivity contribution in [1.82, 2.24) is 0 Å². The topological polar surface area (TPSA) is 35.2 Å². The summed E-state index contributed by atoms with van der Waals surface area (Å²) in [5.74, 6) is 0.480. The van der Waals surface area contributed by atoms with E-state index in [1.54, 1.807) is 0 Å². The summed E-state index contributed by atoms with van der Waals surface area (Å²) in [5.41, 5.74) is 9.86. The molecule has 2 nitrogen and oxygen atoms in total. The van der Waals surface area contributed by atoms with Crippen LogP contribution in [0.1, 0.15) is 35.6 Å². The quantitative estimate of drug-likeness (QED) is 0.830. The first-order valence-corrected chi connectivity index (χ1v) is 6.12. The fourth-order valence-corrected chi connectivity index (χ4v) is 2.68. The van der Waals surface area contributed by atoms with Gasteiger partial charge in [0.1, 0.15) is 0 Å². The number of nitrogens with two attached hydrogens (primary N) is 1. The molecule has 1 aromatic rings. The molecule has 1 saturated heterocycles. The number of ether oxygens (including phenoxy) is 1. The normalized spacial score (nSPS) is 25.7. The number of hydrogen-bond donors (Lipinski definition) is 1. The van der Waals surface area contributed by atoms with Crippen LogP contribution < -0.4 is 5.73 Å². The molecule has 2 unspecified atom stereocenters. The highest BCUT2D eigenvalue weighted by molar-refractivity contribution is 5.36. The van der Waals surface area contributed by atoms with Gasteiger partial charge in [-0.25, -0.2) is 0 Å². The van der Waals surface area contributed by atoms with Crippen LogP contribution in [0.15, 0.2) is 18.2 Å². The molecule has 16 heavy (non-hydrogen) atoms. The molecule has 0 aliphatic carbocycles. The predicted molar refractivity (Wildman–Crippen MR) is 66.4 cm³/mol. The molecule has 0 bridgehead atoms. The number of aryl methyl sites for hydroxylation is 2. The molecule has 1 aliphatic heterocycles. The maximum atomic E-state index is 5.95. The predicted octanol–water partition coefficient (Wildman–Crippen LogP) is 2.73. The van der Waals surface area contributed by atoms with Crippen LogP contribution in [0, 0.1) is 19.8 Å². The van der Waals surface area contributed by atoms with Gasteiger partial charge in [-0.2, -0.15) is 0 Å². The zero-order valence-electron chi connectivity index (χ0n) is 10.2. The van der Waals surface area contributed by atoms with E-state index in [2.05, 4.69) is 32.0 Å². The summed E-state index contributed by atoms with van der Waals surface area (Å²) in [5, 5.41) is 0. The first-order valence-electron chi connectivity index (χ1n) is 6.12. The number of rotatable bonds is 2. The minimum absolute atomic E-state index is 0.208. The maximum absolute atomic E-state index is 5.95. The Morgan fingerprint density at radius 3 is 2.62 bits per heavy atom. The molecule has 0 aromatic heterocycles. The Labute approximate surface area is 97.8 Å². The summed E-state index contributed by atoms with van der Waals surface area (Å²) in [6.07, 6.45) is 2.54. The van der Waals surface area contributed by atoms with Gasteiger partial charge in [-0.15, -0.1) is 0 Å². The van der Waals surface area contributed by atoms with Crippen molar-refractivity contribution < 1.29 is 4.74 Å². The Bertz CT molecular complexity index is 342. The molecule has 88 valence electrons.